The van der Waals surface area contributed by atoms with Crippen molar-refractivity contribution in [2.75, 3.05) is 33.9 Å². The molecule has 21 heavy (non-hydrogen) atoms. The maximum Gasteiger partial charge on any atom is 0.219 e. The van der Waals surface area contributed by atoms with E-state index in [9.17, 15) is 9.18 Å². The van der Waals surface area contributed by atoms with Crippen LogP contribution in [0, 0.1) is 5.82 Å². The predicted molar refractivity (Wildman–Crippen MR) is 78.8 cm³/mol. The number of para-hydroxylation sites is 1. The van der Waals surface area contributed by atoms with Gasteiger partial charge in [0.2, 0.25) is 5.91 Å². The summed E-state index contributed by atoms with van der Waals surface area (Å²) in [6.45, 7) is 2.09. The fraction of sp³-hybridized carbons (Fsp3) is 0.533. The molecule has 1 rings (SSSR count). The summed E-state index contributed by atoms with van der Waals surface area (Å²) >= 11 is 0. The zero-order chi connectivity index (χ0) is 15.5. The topological polar surface area (TPSA) is 59.6 Å². The Morgan fingerprint density at radius 1 is 1.33 bits per heavy atom. The lowest BCUT2D eigenvalue weighted by molar-refractivity contribution is -0.120. The average Bonchev–Trinajstić information content (AvgIpc) is 2.49. The van der Waals surface area contributed by atoms with Gasteiger partial charge in [-0.15, -0.1) is 0 Å². The lowest BCUT2D eigenvalue weighted by Gasteiger charge is -2.13. The molecule has 1 aromatic rings. The molecule has 118 valence electrons. The van der Waals surface area contributed by atoms with Gasteiger partial charge in [0.25, 0.3) is 0 Å². The molecule has 0 saturated carbocycles. The Hall–Kier alpha value is -1.66. The third-order valence-electron chi connectivity index (χ3n) is 2.92. The Bertz CT molecular complexity index is 441. The van der Waals surface area contributed by atoms with Gasteiger partial charge in [-0.3, -0.25) is 4.79 Å². The van der Waals surface area contributed by atoms with Crippen molar-refractivity contribution in [2.45, 2.75) is 19.4 Å². The minimum absolute atomic E-state index is 0.0476. The number of amides is 1. The maximum atomic E-state index is 13.8. The molecule has 0 aliphatic heterocycles. The van der Waals surface area contributed by atoms with Crippen LogP contribution >= 0.6 is 0 Å². The van der Waals surface area contributed by atoms with Crippen LogP contribution in [0.5, 0.6) is 5.75 Å². The van der Waals surface area contributed by atoms with Gasteiger partial charge in [-0.25, -0.2) is 4.39 Å². The van der Waals surface area contributed by atoms with Crippen molar-refractivity contribution in [2.24, 2.45) is 0 Å². The van der Waals surface area contributed by atoms with Crippen LogP contribution in [0.1, 0.15) is 18.4 Å². The van der Waals surface area contributed by atoms with Crippen LogP contribution in [0.25, 0.3) is 0 Å². The van der Waals surface area contributed by atoms with Crippen LogP contribution in [0.2, 0.25) is 0 Å². The molecule has 0 atom stereocenters. The molecule has 0 unspecified atom stereocenters. The molecule has 0 fully saturated rings. The first kappa shape index (κ1) is 17.4. The first-order chi connectivity index (χ1) is 10.2. The van der Waals surface area contributed by atoms with Crippen molar-refractivity contribution in [3.8, 4) is 5.75 Å². The number of nitrogens with one attached hydrogen (secondary N) is 2. The van der Waals surface area contributed by atoms with E-state index in [4.69, 9.17) is 9.47 Å². The summed E-state index contributed by atoms with van der Waals surface area (Å²) < 4.78 is 24.3. The molecular weight excluding hydrogens is 275 g/mol. The standard InChI is InChI=1S/C15H23FN2O3/c1-17-14(19)7-4-9-21-15-12(5-3-6-13(15)16)11-18-8-10-20-2/h3,5-6,18H,4,7-11H2,1-2H3,(H,17,19). The average molecular weight is 298 g/mol. The van der Waals surface area contributed by atoms with Crippen LogP contribution < -0.4 is 15.4 Å². The van der Waals surface area contributed by atoms with Crippen molar-refractivity contribution in [3.05, 3.63) is 29.6 Å². The van der Waals surface area contributed by atoms with E-state index in [2.05, 4.69) is 10.6 Å². The van der Waals surface area contributed by atoms with Crippen LogP contribution in [0.15, 0.2) is 18.2 Å². The summed E-state index contributed by atoms with van der Waals surface area (Å²) in [5, 5.41) is 5.69. The monoisotopic (exact) mass is 298 g/mol. The van der Waals surface area contributed by atoms with Crippen molar-refractivity contribution < 1.29 is 18.7 Å². The molecule has 0 heterocycles. The van der Waals surface area contributed by atoms with E-state index in [0.717, 1.165) is 5.56 Å². The maximum absolute atomic E-state index is 13.8. The van der Waals surface area contributed by atoms with E-state index in [1.807, 2.05) is 6.07 Å². The third kappa shape index (κ3) is 6.55. The van der Waals surface area contributed by atoms with Gasteiger partial charge in [-0.2, -0.15) is 0 Å². The summed E-state index contributed by atoms with van der Waals surface area (Å²) in [4.78, 5) is 11.1. The van der Waals surface area contributed by atoms with Crippen LogP contribution in [0.3, 0.4) is 0 Å². The molecule has 6 heteroatoms. The quantitative estimate of drug-likeness (QED) is 0.642. The molecule has 0 bridgehead atoms. The molecule has 0 aliphatic carbocycles. The summed E-state index contributed by atoms with van der Waals surface area (Å²) in [6.07, 6.45) is 0.914. The minimum atomic E-state index is -0.388. The first-order valence-electron chi connectivity index (χ1n) is 6.99. The molecule has 5 nitrogen and oxygen atoms in total. The summed E-state index contributed by atoms with van der Waals surface area (Å²) in [5.41, 5.74) is 0.756. The smallest absolute Gasteiger partial charge is 0.219 e. The lowest BCUT2D eigenvalue weighted by Crippen LogP contribution is -2.20. The minimum Gasteiger partial charge on any atom is -0.490 e. The number of methoxy groups -OCH3 is 1. The molecule has 0 radical (unpaired) electrons. The van der Waals surface area contributed by atoms with Crippen molar-refractivity contribution in [1.82, 2.24) is 10.6 Å². The summed E-state index contributed by atoms with van der Waals surface area (Å²) in [6, 6.07) is 4.84. The second kappa shape index (κ2) is 10.1. The highest BCUT2D eigenvalue weighted by Gasteiger charge is 2.09. The van der Waals surface area contributed by atoms with E-state index in [1.165, 1.54) is 6.07 Å². The second-order valence-corrected chi connectivity index (χ2v) is 4.52. The van der Waals surface area contributed by atoms with Gasteiger partial charge in [0.1, 0.15) is 0 Å². The van der Waals surface area contributed by atoms with E-state index in [1.54, 1.807) is 20.2 Å². The largest absolute Gasteiger partial charge is 0.490 e. The van der Waals surface area contributed by atoms with E-state index in [0.29, 0.717) is 39.1 Å². The van der Waals surface area contributed by atoms with Gasteiger partial charge >= 0.3 is 0 Å². The molecule has 2 N–H and O–H groups in total. The van der Waals surface area contributed by atoms with Crippen molar-refractivity contribution >= 4 is 5.91 Å². The molecule has 0 saturated heterocycles. The zero-order valence-corrected chi connectivity index (χ0v) is 12.6. The third-order valence-corrected chi connectivity index (χ3v) is 2.92. The number of ether oxygens (including phenoxy) is 2. The Kier molecular flexibility index (Phi) is 8.38. The van der Waals surface area contributed by atoms with Crippen molar-refractivity contribution in [1.29, 1.82) is 0 Å². The summed E-state index contributed by atoms with van der Waals surface area (Å²) in [7, 11) is 3.22. The highest BCUT2D eigenvalue weighted by molar-refractivity contribution is 5.75. The van der Waals surface area contributed by atoms with Gasteiger partial charge < -0.3 is 20.1 Å². The first-order valence-corrected chi connectivity index (χ1v) is 6.99. The second-order valence-electron chi connectivity index (χ2n) is 4.52. The highest BCUT2D eigenvalue weighted by Crippen LogP contribution is 2.22. The van der Waals surface area contributed by atoms with Gasteiger partial charge in [-0.1, -0.05) is 12.1 Å². The number of hydrogen-bond donors (Lipinski definition) is 2. The molecule has 0 aliphatic rings. The molecular formula is C15H23FN2O3. The Labute approximate surface area is 124 Å². The lowest BCUT2D eigenvalue weighted by atomic mass is 10.2. The normalized spacial score (nSPS) is 10.4. The van der Waals surface area contributed by atoms with Crippen LogP contribution in [0.4, 0.5) is 4.39 Å². The summed E-state index contributed by atoms with van der Waals surface area (Å²) in [5.74, 6) is -0.186. The van der Waals surface area contributed by atoms with E-state index >= 15 is 0 Å². The van der Waals surface area contributed by atoms with Gasteiger partial charge in [-0.05, 0) is 12.5 Å². The van der Waals surface area contributed by atoms with E-state index < -0.39 is 0 Å². The highest BCUT2D eigenvalue weighted by atomic mass is 19.1. The Morgan fingerprint density at radius 3 is 2.86 bits per heavy atom. The Balaban J connectivity index is 2.48. The van der Waals surface area contributed by atoms with Crippen LogP contribution in [-0.2, 0) is 16.1 Å². The van der Waals surface area contributed by atoms with Crippen molar-refractivity contribution in [3.63, 3.8) is 0 Å². The SMILES string of the molecule is CNC(=O)CCCOc1c(F)cccc1CNCCOC. The van der Waals surface area contributed by atoms with Gasteiger partial charge in [0.05, 0.1) is 13.2 Å². The van der Waals surface area contributed by atoms with Gasteiger partial charge in [0, 0.05) is 39.2 Å². The van der Waals surface area contributed by atoms with E-state index in [-0.39, 0.29) is 17.5 Å². The predicted octanol–water partition coefficient (Wildman–Crippen LogP) is 1.47. The Morgan fingerprint density at radius 2 is 2.14 bits per heavy atom. The van der Waals surface area contributed by atoms with Gasteiger partial charge in [0.15, 0.2) is 11.6 Å². The number of rotatable bonds is 10. The molecule has 0 aromatic heterocycles. The number of carbonyl (C=O) groups is 1. The number of carbonyl (C=O) groups excluding carboxylic acids is 1. The van der Waals surface area contributed by atoms with Crippen LogP contribution in [-0.4, -0.2) is 39.8 Å². The molecule has 0 spiro atoms. The fourth-order valence-electron chi connectivity index (χ4n) is 1.78. The number of benzene rings is 1. The molecule has 1 aromatic carbocycles. The number of hydrogen-bond acceptors (Lipinski definition) is 4. The number of halogens is 1. The zero-order valence-electron chi connectivity index (χ0n) is 12.6. The fourth-order valence-corrected chi connectivity index (χ4v) is 1.78. The molecule has 1 amide bonds.